The van der Waals surface area contributed by atoms with Gasteiger partial charge in [-0.3, -0.25) is 4.90 Å². The van der Waals surface area contributed by atoms with Gasteiger partial charge in [-0.25, -0.2) is 0 Å². The summed E-state index contributed by atoms with van der Waals surface area (Å²) >= 11 is 0. The van der Waals surface area contributed by atoms with E-state index in [9.17, 15) is 0 Å². The molecule has 0 heterocycles. The SMILES string of the molecule is CCCCCCCC(C)(C)N(C(c1ccccc1)c1ccccc1)C(c1ccccc1)c1ccccc1. The maximum Gasteiger partial charge on any atom is 0.0615 e. The standard InChI is InChI=1S/C36H43N/c1-4-5-6-7-20-29-36(2,3)37(34(30-21-12-8-13-22-30)31-23-14-9-15-24-31)35(32-25-16-10-17-26-32)33-27-18-11-19-28-33/h8-19,21-28,34-35H,4-7,20,29H2,1-3H3. The van der Waals surface area contributed by atoms with Gasteiger partial charge in [0.05, 0.1) is 12.1 Å². The molecule has 0 aromatic heterocycles. The molecule has 0 aliphatic rings. The van der Waals surface area contributed by atoms with E-state index in [1.807, 2.05) is 0 Å². The second-order valence-corrected chi connectivity index (χ2v) is 10.8. The van der Waals surface area contributed by atoms with Crippen molar-refractivity contribution in [1.29, 1.82) is 0 Å². The van der Waals surface area contributed by atoms with Crippen molar-refractivity contribution < 1.29 is 0 Å². The summed E-state index contributed by atoms with van der Waals surface area (Å²) in [6, 6.07) is 44.6. The van der Waals surface area contributed by atoms with Crippen LogP contribution in [0.1, 0.15) is 93.6 Å². The van der Waals surface area contributed by atoms with E-state index in [1.54, 1.807) is 0 Å². The fourth-order valence-corrected chi connectivity index (χ4v) is 5.71. The molecule has 0 fully saturated rings. The van der Waals surface area contributed by atoms with Gasteiger partial charge in [0, 0.05) is 5.54 Å². The van der Waals surface area contributed by atoms with Crippen LogP contribution in [0.5, 0.6) is 0 Å². The van der Waals surface area contributed by atoms with Crippen molar-refractivity contribution >= 4 is 0 Å². The van der Waals surface area contributed by atoms with Crippen LogP contribution in [0.3, 0.4) is 0 Å². The fourth-order valence-electron chi connectivity index (χ4n) is 5.71. The Morgan fingerprint density at radius 3 is 1.14 bits per heavy atom. The Kier molecular flexibility index (Phi) is 9.74. The first-order valence-corrected chi connectivity index (χ1v) is 14.1. The summed E-state index contributed by atoms with van der Waals surface area (Å²) in [5.41, 5.74) is 5.31. The predicted octanol–water partition coefficient (Wildman–Crippen LogP) is 10.0. The molecule has 4 rings (SSSR count). The molecule has 0 spiro atoms. The molecule has 4 aromatic carbocycles. The Hall–Kier alpha value is -3.16. The van der Waals surface area contributed by atoms with Crippen LogP contribution in [0.25, 0.3) is 0 Å². The Balaban J connectivity index is 1.88. The van der Waals surface area contributed by atoms with Gasteiger partial charge in [0.1, 0.15) is 0 Å². The lowest BCUT2D eigenvalue weighted by Gasteiger charge is -2.49. The van der Waals surface area contributed by atoms with E-state index in [2.05, 4.69) is 147 Å². The highest BCUT2D eigenvalue weighted by atomic mass is 15.2. The third-order valence-corrected chi connectivity index (χ3v) is 7.61. The number of benzene rings is 4. The highest BCUT2D eigenvalue weighted by Crippen LogP contribution is 2.45. The monoisotopic (exact) mass is 489 g/mol. The third-order valence-electron chi connectivity index (χ3n) is 7.61. The molecule has 0 atom stereocenters. The van der Waals surface area contributed by atoms with Gasteiger partial charge >= 0.3 is 0 Å². The van der Waals surface area contributed by atoms with Crippen LogP contribution in [-0.4, -0.2) is 10.4 Å². The lowest BCUT2D eigenvalue weighted by molar-refractivity contribution is 0.0434. The molecule has 4 aromatic rings. The van der Waals surface area contributed by atoms with E-state index in [-0.39, 0.29) is 17.6 Å². The summed E-state index contributed by atoms with van der Waals surface area (Å²) in [5, 5.41) is 0. The molecule has 0 amide bonds. The van der Waals surface area contributed by atoms with Crippen LogP contribution in [0.2, 0.25) is 0 Å². The first kappa shape index (κ1) is 26.9. The zero-order valence-electron chi connectivity index (χ0n) is 22.9. The van der Waals surface area contributed by atoms with Crippen molar-refractivity contribution in [2.75, 3.05) is 0 Å². The number of unbranched alkanes of at least 4 members (excludes halogenated alkanes) is 4. The van der Waals surface area contributed by atoms with Crippen LogP contribution in [0.15, 0.2) is 121 Å². The minimum Gasteiger partial charge on any atom is -0.276 e. The second-order valence-electron chi connectivity index (χ2n) is 10.8. The van der Waals surface area contributed by atoms with Gasteiger partial charge in [-0.15, -0.1) is 0 Å². The van der Waals surface area contributed by atoms with Gasteiger partial charge in [0.25, 0.3) is 0 Å². The highest BCUT2D eigenvalue weighted by molar-refractivity contribution is 5.38. The van der Waals surface area contributed by atoms with Gasteiger partial charge in [-0.1, -0.05) is 160 Å². The average molecular weight is 490 g/mol. The third kappa shape index (κ3) is 6.99. The quantitative estimate of drug-likeness (QED) is 0.169. The van der Waals surface area contributed by atoms with Gasteiger partial charge in [-0.05, 0) is 42.5 Å². The summed E-state index contributed by atoms with van der Waals surface area (Å²) in [6.45, 7) is 7.22. The zero-order chi connectivity index (χ0) is 25.9. The molecule has 0 saturated heterocycles. The Morgan fingerprint density at radius 2 is 0.811 bits per heavy atom. The topological polar surface area (TPSA) is 3.24 Å². The van der Waals surface area contributed by atoms with Crippen LogP contribution in [0, 0.1) is 0 Å². The van der Waals surface area contributed by atoms with Crippen molar-refractivity contribution in [3.8, 4) is 0 Å². The molecule has 0 unspecified atom stereocenters. The number of hydrogen-bond acceptors (Lipinski definition) is 1. The Morgan fingerprint density at radius 1 is 0.486 bits per heavy atom. The second kappa shape index (κ2) is 13.4. The normalized spacial score (nSPS) is 11.9. The number of nitrogens with zero attached hydrogens (tertiary/aromatic N) is 1. The lowest BCUT2D eigenvalue weighted by Crippen LogP contribution is -2.49. The van der Waals surface area contributed by atoms with E-state index in [0.29, 0.717) is 0 Å². The van der Waals surface area contributed by atoms with Crippen LogP contribution < -0.4 is 0 Å². The van der Waals surface area contributed by atoms with Crippen molar-refractivity contribution in [3.63, 3.8) is 0 Å². The van der Waals surface area contributed by atoms with E-state index in [0.717, 1.165) is 6.42 Å². The Bertz CT molecular complexity index is 990. The molecular formula is C36H43N. The summed E-state index contributed by atoms with van der Waals surface area (Å²) in [7, 11) is 0. The van der Waals surface area contributed by atoms with Crippen LogP contribution in [0.4, 0.5) is 0 Å². The van der Waals surface area contributed by atoms with Gasteiger partial charge in [-0.2, -0.15) is 0 Å². The molecule has 1 nitrogen and oxygen atoms in total. The number of rotatable bonds is 13. The fraction of sp³-hybridized carbons (Fsp3) is 0.333. The first-order chi connectivity index (χ1) is 18.1. The molecule has 0 saturated carbocycles. The summed E-state index contributed by atoms with van der Waals surface area (Å²) in [5.74, 6) is 0. The largest absolute Gasteiger partial charge is 0.276 e. The van der Waals surface area contributed by atoms with Crippen LogP contribution >= 0.6 is 0 Å². The summed E-state index contributed by atoms with van der Waals surface area (Å²) in [4.78, 5) is 2.81. The van der Waals surface area contributed by atoms with Gasteiger partial charge < -0.3 is 0 Å². The highest BCUT2D eigenvalue weighted by Gasteiger charge is 2.40. The maximum atomic E-state index is 2.81. The summed E-state index contributed by atoms with van der Waals surface area (Å²) in [6.07, 6.45) is 7.64. The van der Waals surface area contributed by atoms with Crippen molar-refractivity contribution in [1.82, 2.24) is 4.90 Å². The zero-order valence-corrected chi connectivity index (χ0v) is 22.9. The van der Waals surface area contributed by atoms with Crippen molar-refractivity contribution in [3.05, 3.63) is 144 Å². The molecule has 192 valence electrons. The van der Waals surface area contributed by atoms with Crippen molar-refractivity contribution in [2.45, 2.75) is 76.9 Å². The van der Waals surface area contributed by atoms with Crippen LogP contribution in [-0.2, 0) is 0 Å². The van der Waals surface area contributed by atoms with Gasteiger partial charge in [0.2, 0.25) is 0 Å². The van der Waals surface area contributed by atoms with Crippen molar-refractivity contribution in [2.24, 2.45) is 0 Å². The molecule has 1 heteroatoms. The molecule has 0 aliphatic heterocycles. The summed E-state index contributed by atoms with van der Waals surface area (Å²) < 4.78 is 0. The molecule has 0 N–H and O–H groups in total. The number of hydrogen-bond donors (Lipinski definition) is 0. The van der Waals surface area contributed by atoms with E-state index in [4.69, 9.17) is 0 Å². The van der Waals surface area contributed by atoms with E-state index >= 15 is 0 Å². The maximum absolute atomic E-state index is 2.81. The molecular weight excluding hydrogens is 446 g/mol. The minimum absolute atomic E-state index is 0.0427. The Labute approximate surface area is 225 Å². The van der Waals surface area contributed by atoms with Gasteiger partial charge in [0.15, 0.2) is 0 Å². The minimum atomic E-state index is -0.0427. The molecule has 0 bridgehead atoms. The molecule has 0 aliphatic carbocycles. The molecule has 0 radical (unpaired) electrons. The smallest absolute Gasteiger partial charge is 0.0615 e. The molecule has 37 heavy (non-hydrogen) atoms. The lowest BCUT2D eigenvalue weighted by atomic mass is 9.83. The van der Waals surface area contributed by atoms with E-state index in [1.165, 1.54) is 54.4 Å². The van der Waals surface area contributed by atoms with E-state index < -0.39 is 0 Å². The predicted molar refractivity (Wildman–Crippen MR) is 159 cm³/mol. The average Bonchev–Trinajstić information content (AvgIpc) is 2.95. The first-order valence-electron chi connectivity index (χ1n) is 14.1.